The van der Waals surface area contributed by atoms with Crippen LogP contribution >= 0.6 is 15.9 Å². The molecule has 1 N–H and O–H groups in total. The predicted molar refractivity (Wildman–Crippen MR) is 93.0 cm³/mol. The van der Waals surface area contributed by atoms with Gasteiger partial charge in [-0.25, -0.2) is 0 Å². The van der Waals surface area contributed by atoms with Crippen LogP contribution in [0.15, 0.2) is 22.7 Å². The lowest BCUT2D eigenvalue weighted by Crippen LogP contribution is -2.27. The number of benzene rings is 1. The first-order valence-electron chi connectivity index (χ1n) is 8.04. The molecule has 1 aromatic rings. The molecule has 1 heterocycles. The Balaban J connectivity index is 1.94. The van der Waals surface area contributed by atoms with Gasteiger partial charge in [0.1, 0.15) is 0 Å². The first kappa shape index (κ1) is 16.8. The second kappa shape index (κ2) is 9.44. The van der Waals surface area contributed by atoms with Crippen molar-refractivity contribution in [3.05, 3.63) is 28.2 Å². The van der Waals surface area contributed by atoms with Crippen LogP contribution in [0.2, 0.25) is 0 Å². The van der Waals surface area contributed by atoms with Gasteiger partial charge in [-0.15, -0.1) is 0 Å². The molecule has 2 rings (SSSR count). The SMILES string of the molecule is COCCNCc1ccc(N2CCCCCCC2)c(Br)c1. The van der Waals surface area contributed by atoms with Crippen LogP contribution in [-0.4, -0.2) is 33.4 Å². The molecule has 0 radical (unpaired) electrons. The smallest absolute Gasteiger partial charge is 0.0587 e. The van der Waals surface area contributed by atoms with Crippen molar-refractivity contribution in [3.63, 3.8) is 0 Å². The molecule has 3 nitrogen and oxygen atoms in total. The molecule has 0 aromatic heterocycles. The van der Waals surface area contributed by atoms with Gasteiger partial charge in [-0.2, -0.15) is 0 Å². The highest BCUT2D eigenvalue weighted by Crippen LogP contribution is 2.29. The number of nitrogens with one attached hydrogen (secondary N) is 1. The number of halogens is 1. The Labute approximate surface area is 137 Å². The third-order valence-electron chi connectivity index (χ3n) is 4.02. The van der Waals surface area contributed by atoms with E-state index in [0.717, 1.165) is 19.7 Å². The second-order valence-electron chi connectivity index (χ2n) is 5.71. The largest absolute Gasteiger partial charge is 0.383 e. The van der Waals surface area contributed by atoms with E-state index in [9.17, 15) is 0 Å². The maximum atomic E-state index is 5.05. The van der Waals surface area contributed by atoms with Gasteiger partial charge in [-0.3, -0.25) is 0 Å². The van der Waals surface area contributed by atoms with E-state index in [1.807, 2.05) is 0 Å². The first-order valence-corrected chi connectivity index (χ1v) is 8.83. The normalized spacial score (nSPS) is 16.6. The standard InChI is InChI=1S/C17H27BrN2O/c1-21-12-9-19-14-15-7-8-17(16(18)13-15)20-10-5-3-2-4-6-11-20/h7-8,13,19H,2-6,9-12,14H2,1H3. The summed E-state index contributed by atoms with van der Waals surface area (Å²) in [6.45, 7) is 4.91. The van der Waals surface area contributed by atoms with Crippen molar-refractivity contribution >= 4 is 21.6 Å². The molecule has 21 heavy (non-hydrogen) atoms. The van der Waals surface area contributed by atoms with Crippen LogP contribution in [0.5, 0.6) is 0 Å². The van der Waals surface area contributed by atoms with Crippen LogP contribution < -0.4 is 10.2 Å². The molecule has 0 unspecified atom stereocenters. The van der Waals surface area contributed by atoms with Crippen LogP contribution in [0.4, 0.5) is 5.69 Å². The van der Waals surface area contributed by atoms with E-state index in [1.54, 1.807) is 7.11 Å². The van der Waals surface area contributed by atoms with Crippen molar-refractivity contribution in [1.82, 2.24) is 5.32 Å². The number of methoxy groups -OCH3 is 1. The third kappa shape index (κ3) is 5.61. The van der Waals surface area contributed by atoms with Gasteiger partial charge < -0.3 is 15.0 Å². The molecule has 1 aliphatic rings. The molecule has 0 spiro atoms. The number of hydrogen-bond donors (Lipinski definition) is 1. The lowest BCUT2D eigenvalue weighted by atomic mass is 10.1. The quantitative estimate of drug-likeness (QED) is 0.782. The molecule has 0 bridgehead atoms. The van der Waals surface area contributed by atoms with Gasteiger partial charge in [-0.1, -0.05) is 25.3 Å². The zero-order valence-electron chi connectivity index (χ0n) is 13.0. The van der Waals surface area contributed by atoms with Crippen molar-refractivity contribution in [2.24, 2.45) is 0 Å². The fourth-order valence-corrected chi connectivity index (χ4v) is 3.49. The highest BCUT2D eigenvalue weighted by Gasteiger charge is 2.12. The summed E-state index contributed by atoms with van der Waals surface area (Å²) in [6, 6.07) is 6.74. The van der Waals surface area contributed by atoms with Crippen molar-refractivity contribution in [3.8, 4) is 0 Å². The Bertz CT molecular complexity index is 417. The van der Waals surface area contributed by atoms with E-state index in [0.29, 0.717) is 0 Å². The molecule has 0 saturated carbocycles. The Morgan fingerprint density at radius 3 is 2.52 bits per heavy atom. The maximum Gasteiger partial charge on any atom is 0.0587 e. The molecule has 118 valence electrons. The molecule has 0 atom stereocenters. The summed E-state index contributed by atoms with van der Waals surface area (Å²) in [7, 11) is 1.73. The lowest BCUT2D eigenvalue weighted by Gasteiger charge is -2.28. The zero-order chi connectivity index (χ0) is 14.9. The van der Waals surface area contributed by atoms with Gasteiger partial charge in [0.15, 0.2) is 0 Å². The molecule has 1 aliphatic heterocycles. The monoisotopic (exact) mass is 354 g/mol. The van der Waals surface area contributed by atoms with Gasteiger partial charge in [0, 0.05) is 37.8 Å². The molecule has 1 fully saturated rings. The van der Waals surface area contributed by atoms with E-state index >= 15 is 0 Å². The van der Waals surface area contributed by atoms with Gasteiger partial charge in [0.2, 0.25) is 0 Å². The van der Waals surface area contributed by atoms with Crippen molar-refractivity contribution in [2.75, 3.05) is 38.3 Å². The van der Waals surface area contributed by atoms with Gasteiger partial charge in [0.25, 0.3) is 0 Å². The number of ether oxygens (including phenoxy) is 1. The fraction of sp³-hybridized carbons (Fsp3) is 0.647. The Morgan fingerprint density at radius 2 is 1.86 bits per heavy atom. The van der Waals surface area contributed by atoms with Crippen LogP contribution in [-0.2, 0) is 11.3 Å². The maximum absolute atomic E-state index is 5.05. The van der Waals surface area contributed by atoms with Crippen LogP contribution in [0.1, 0.15) is 37.7 Å². The topological polar surface area (TPSA) is 24.5 Å². The third-order valence-corrected chi connectivity index (χ3v) is 4.66. The molecule has 1 aromatic carbocycles. The van der Waals surface area contributed by atoms with Crippen LogP contribution in [0.3, 0.4) is 0 Å². The summed E-state index contributed by atoms with van der Waals surface area (Å²) in [5, 5.41) is 3.39. The molecule has 0 amide bonds. The van der Waals surface area contributed by atoms with E-state index in [1.165, 1.54) is 60.9 Å². The lowest BCUT2D eigenvalue weighted by molar-refractivity contribution is 0.199. The number of nitrogens with zero attached hydrogens (tertiary/aromatic N) is 1. The number of rotatable bonds is 6. The second-order valence-corrected chi connectivity index (χ2v) is 6.56. The summed E-state index contributed by atoms with van der Waals surface area (Å²) in [5.41, 5.74) is 2.66. The van der Waals surface area contributed by atoms with E-state index < -0.39 is 0 Å². The van der Waals surface area contributed by atoms with E-state index in [4.69, 9.17) is 4.74 Å². The Kier molecular flexibility index (Phi) is 7.54. The average Bonchev–Trinajstić information content (AvgIpc) is 2.44. The van der Waals surface area contributed by atoms with Gasteiger partial charge in [-0.05, 0) is 46.5 Å². The average molecular weight is 355 g/mol. The van der Waals surface area contributed by atoms with Gasteiger partial charge in [0.05, 0.1) is 12.3 Å². The molecule has 1 saturated heterocycles. The Hall–Kier alpha value is -0.580. The summed E-state index contributed by atoms with van der Waals surface area (Å²) >= 11 is 3.76. The van der Waals surface area contributed by atoms with Crippen molar-refractivity contribution < 1.29 is 4.74 Å². The highest BCUT2D eigenvalue weighted by molar-refractivity contribution is 9.10. The summed E-state index contributed by atoms with van der Waals surface area (Å²) in [6.07, 6.45) is 6.77. The number of anilines is 1. The summed E-state index contributed by atoms with van der Waals surface area (Å²) in [4.78, 5) is 2.53. The van der Waals surface area contributed by atoms with Crippen molar-refractivity contribution in [1.29, 1.82) is 0 Å². The first-order chi connectivity index (χ1) is 10.3. The Morgan fingerprint density at radius 1 is 1.14 bits per heavy atom. The fourth-order valence-electron chi connectivity index (χ4n) is 2.81. The number of hydrogen-bond acceptors (Lipinski definition) is 3. The van der Waals surface area contributed by atoms with E-state index in [2.05, 4.69) is 44.3 Å². The van der Waals surface area contributed by atoms with Crippen LogP contribution in [0.25, 0.3) is 0 Å². The molecule has 0 aliphatic carbocycles. The zero-order valence-corrected chi connectivity index (χ0v) is 14.6. The highest BCUT2D eigenvalue weighted by atomic mass is 79.9. The summed E-state index contributed by atoms with van der Waals surface area (Å²) in [5.74, 6) is 0. The molecular formula is C17H27BrN2O. The predicted octanol–water partition coefficient (Wildman–Crippen LogP) is 3.96. The minimum Gasteiger partial charge on any atom is -0.383 e. The van der Waals surface area contributed by atoms with E-state index in [-0.39, 0.29) is 0 Å². The molecular weight excluding hydrogens is 328 g/mol. The van der Waals surface area contributed by atoms with Crippen molar-refractivity contribution in [2.45, 2.75) is 38.6 Å². The van der Waals surface area contributed by atoms with Crippen LogP contribution in [0, 0.1) is 0 Å². The van der Waals surface area contributed by atoms with Gasteiger partial charge >= 0.3 is 0 Å². The minimum absolute atomic E-state index is 0.757. The summed E-state index contributed by atoms with van der Waals surface area (Å²) < 4.78 is 6.26. The minimum atomic E-state index is 0.757. The molecule has 4 heteroatoms.